The number of fused-ring (bicyclic) bond motifs is 1. The first-order chi connectivity index (χ1) is 6.83. The van der Waals surface area contributed by atoms with E-state index in [1.807, 2.05) is 0 Å². The van der Waals surface area contributed by atoms with Crippen molar-refractivity contribution in [2.75, 3.05) is 0 Å². The van der Waals surface area contributed by atoms with Crippen molar-refractivity contribution in [3.05, 3.63) is 32.3 Å². The molecule has 0 bridgehead atoms. The van der Waals surface area contributed by atoms with E-state index >= 15 is 0 Å². The van der Waals surface area contributed by atoms with Crippen LogP contribution in [0.5, 0.6) is 0 Å². The molecule has 0 saturated heterocycles. The molecule has 0 amide bonds. The average Bonchev–Trinajstić information content (AvgIpc) is 2.54. The molecule has 2 aromatic rings. The van der Waals surface area contributed by atoms with Gasteiger partial charge >= 0.3 is 105 Å². The van der Waals surface area contributed by atoms with E-state index in [2.05, 4.69) is 53.8 Å². The Hall–Kier alpha value is 0.209. The molecule has 0 atom stereocenters. The maximum absolute atomic E-state index is 2.52. The monoisotopic (exact) mass is 364 g/mol. The average molecular weight is 363 g/mol. The van der Waals surface area contributed by atoms with E-state index in [1.54, 1.807) is 8.70 Å². The van der Waals surface area contributed by atoms with Crippen molar-refractivity contribution in [1.82, 2.24) is 0 Å². The van der Waals surface area contributed by atoms with E-state index in [0.717, 1.165) is 0 Å². The van der Waals surface area contributed by atoms with Crippen LogP contribution in [0.15, 0.2) is 24.3 Å². The molecule has 1 aromatic heterocycles. The standard InChI is InChI=1S/C12H13ISe/c1-2-3-7-11-12(13)9-6-4-5-8-10(9)14-11/h4-6,8H,2-3,7H2,1H3. The molecule has 74 valence electrons. The number of rotatable bonds is 3. The Kier molecular flexibility index (Phi) is 3.69. The number of hydrogen-bond donors (Lipinski definition) is 0. The van der Waals surface area contributed by atoms with Gasteiger partial charge in [0.05, 0.1) is 0 Å². The first-order valence-electron chi connectivity index (χ1n) is 4.99. The van der Waals surface area contributed by atoms with Crippen LogP contribution in [0.2, 0.25) is 0 Å². The van der Waals surface area contributed by atoms with Crippen molar-refractivity contribution in [3.8, 4) is 0 Å². The zero-order chi connectivity index (χ0) is 9.97. The van der Waals surface area contributed by atoms with Gasteiger partial charge in [-0.3, -0.25) is 0 Å². The molecule has 0 unspecified atom stereocenters. The van der Waals surface area contributed by atoms with Gasteiger partial charge in [0.1, 0.15) is 0 Å². The van der Waals surface area contributed by atoms with Crippen LogP contribution in [-0.4, -0.2) is 14.5 Å². The van der Waals surface area contributed by atoms with Gasteiger partial charge in [0.15, 0.2) is 0 Å². The first kappa shape index (κ1) is 10.7. The normalized spacial score (nSPS) is 11.0. The van der Waals surface area contributed by atoms with Gasteiger partial charge in [0.25, 0.3) is 0 Å². The topological polar surface area (TPSA) is 0 Å². The molecule has 0 nitrogen and oxygen atoms in total. The third-order valence-corrected chi connectivity index (χ3v) is 7.00. The predicted octanol–water partition coefficient (Wildman–Crippen LogP) is 3.84. The molecule has 0 aliphatic rings. The Labute approximate surface area is 105 Å². The predicted molar refractivity (Wildman–Crippen MR) is 72.2 cm³/mol. The zero-order valence-corrected chi connectivity index (χ0v) is 12.1. The van der Waals surface area contributed by atoms with Gasteiger partial charge in [-0.05, 0) is 0 Å². The summed E-state index contributed by atoms with van der Waals surface area (Å²) in [4.78, 5) is 0. The van der Waals surface area contributed by atoms with Crippen molar-refractivity contribution < 1.29 is 0 Å². The summed E-state index contributed by atoms with van der Waals surface area (Å²) >= 11 is 3.13. The Balaban J connectivity index is 2.41. The van der Waals surface area contributed by atoms with Crippen LogP contribution in [-0.2, 0) is 6.42 Å². The van der Waals surface area contributed by atoms with Crippen molar-refractivity contribution in [1.29, 1.82) is 0 Å². The van der Waals surface area contributed by atoms with Crippen LogP contribution in [0.25, 0.3) is 9.65 Å². The van der Waals surface area contributed by atoms with Gasteiger partial charge in [-0.15, -0.1) is 0 Å². The van der Waals surface area contributed by atoms with Crippen LogP contribution in [0.3, 0.4) is 0 Å². The van der Waals surface area contributed by atoms with Crippen LogP contribution >= 0.6 is 22.6 Å². The van der Waals surface area contributed by atoms with Gasteiger partial charge in [-0.1, -0.05) is 0 Å². The Morgan fingerprint density at radius 3 is 2.79 bits per heavy atom. The molecule has 1 heterocycles. The summed E-state index contributed by atoms with van der Waals surface area (Å²) in [5, 5.41) is 1.50. The second-order valence-corrected chi connectivity index (χ2v) is 6.90. The summed E-state index contributed by atoms with van der Waals surface area (Å²) < 4.78 is 4.82. The molecule has 0 radical (unpaired) electrons. The van der Waals surface area contributed by atoms with E-state index in [0.29, 0.717) is 14.5 Å². The number of unbranched alkanes of at least 4 members (excludes halogenated alkanes) is 1. The maximum atomic E-state index is 2.52. The summed E-state index contributed by atoms with van der Waals surface area (Å²) in [7, 11) is 0. The van der Waals surface area contributed by atoms with Crippen molar-refractivity contribution in [3.63, 3.8) is 0 Å². The molecule has 0 N–H and O–H groups in total. The summed E-state index contributed by atoms with van der Waals surface area (Å²) in [6, 6.07) is 8.86. The van der Waals surface area contributed by atoms with Gasteiger partial charge in [-0.2, -0.15) is 0 Å². The van der Waals surface area contributed by atoms with Gasteiger partial charge < -0.3 is 0 Å². The third kappa shape index (κ3) is 2.07. The fourth-order valence-electron chi connectivity index (χ4n) is 1.56. The molecule has 0 spiro atoms. The second kappa shape index (κ2) is 4.82. The van der Waals surface area contributed by atoms with Crippen LogP contribution in [0, 0.1) is 3.57 Å². The van der Waals surface area contributed by atoms with E-state index < -0.39 is 0 Å². The van der Waals surface area contributed by atoms with Crippen LogP contribution in [0.1, 0.15) is 24.2 Å². The Bertz CT molecular complexity index is 431. The molecule has 2 rings (SSSR count). The van der Waals surface area contributed by atoms with Crippen LogP contribution in [0.4, 0.5) is 0 Å². The second-order valence-electron chi connectivity index (χ2n) is 3.44. The number of halogens is 1. The van der Waals surface area contributed by atoms with Crippen LogP contribution < -0.4 is 0 Å². The Morgan fingerprint density at radius 1 is 1.29 bits per heavy atom. The summed E-state index contributed by atoms with van der Waals surface area (Å²) in [6.45, 7) is 2.27. The van der Waals surface area contributed by atoms with Crippen molar-refractivity contribution in [2.24, 2.45) is 0 Å². The molecule has 2 heteroatoms. The number of aryl methyl sites for hydroxylation is 1. The van der Waals surface area contributed by atoms with E-state index in [1.165, 1.54) is 28.2 Å². The Morgan fingerprint density at radius 2 is 2.07 bits per heavy atom. The number of benzene rings is 1. The minimum absolute atomic E-state index is 0.613. The fourth-order valence-corrected chi connectivity index (χ4v) is 5.67. The minimum atomic E-state index is 0.613. The van der Waals surface area contributed by atoms with Gasteiger partial charge in [0.2, 0.25) is 0 Å². The quantitative estimate of drug-likeness (QED) is 0.574. The fraction of sp³-hybridized carbons (Fsp3) is 0.333. The molecule has 0 aliphatic carbocycles. The molecular formula is C12H13ISe. The van der Waals surface area contributed by atoms with Gasteiger partial charge in [0, 0.05) is 0 Å². The van der Waals surface area contributed by atoms with Crippen molar-refractivity contribution >= 4 is 46.7 Å². The molecule has 14 heavy (non-hydrogen) atoms. The molecular weight excluding hydrogens is 350 g/mol. The first-order valence-corrected chi connectivity index (χ1v) is 7.78. The molecule has 1 aromatic carbocycles. The molecule has 0 saturated carbocycles. The molecule has 0 aliphatic heterocycles. The number of hydrogen-bond acceptors (Lipinski definition) is 0. The summed E-state index contributed by atoms with van der Waals surface area (Å²) in [5.41, 5.74) is 0. The van der Waals surface area contributed by atoms with Crippen molar-refractivity contribution in [2.45, 2.75) is 26.2 Å². The van der Waals surface area contributed by atoms with E-state index in [-0.39, 0.29) is 0 Å². The van der Waals surface area contributed by atoms with Gasteiger partial charge in [-0.25, -0.2) is 0 Å². The molecule has 0 fully saturated rings. The third-order valence-electron chi connectivity index (χ3n) is 2.36. The SMILES string of the molecule is CCCCc1[se]c2ccccc2c1I. The zero-order valence-electron chi connectivity index (χ0n) is 8.22. The van der Waals surface area contributed by atoms with E-state index in [9.17, 15) is 0 Å². The summed E-state index contributed by atoms with van der Waals surface area (Å²) in [5.74, 6) is 0. The van der Waals surface area contributed by atoms with E-state index in [4.69, 9.17) is 0 Å². The summed E-state index contributed by atoms with van der Waals surface area (Å²) in [6.07, 6.45) is 3.96.